The fourth-order valence-electron chi connectivity index (χ4n) is 5.88. The van der Waals surface area contributed by atoms with Gasteiger partial charge in [0.1, 0.15) is 0 Å². The Morgan fingerprint density at radius 1 is 1.03 bits per heavy atom. The molecule has 1 spiro atoms. The zero-order valence-corrected chi connectivity index (χ0v) is 17.9. The lowest BCUT2D eigenvalue weighted by Gasteiger charge is -2.48. The van der Waals surface area contributed by atoms with Crippen LogP contribution in [0.25, 0.3) is 0 Å². The van der Waals surface area contributed by atoms with Gasteiger partial charge in [-0.2, -0.15) is 0 Å². The maximum atomic E-state index is 12.7. The Hall–Kier alpha value is -1.88. The van der Waals surface area contributed by atoms with Gasteiger partial charge in [-0.25, -0.2) is 0 Å². The largest absolute Gasteiger partial charge is 0.366 e. The molecule has 0 aromatic heterocycles. The van der Waals surface area contributed by atoms with E-state index in [1.807, 2.05) is 0 Å². The number of benzene rings is 1. The van der Waals surface area contributed by atoms with E-state index in [1.54, 1.807) is 0 Å². The molecule has 1 atom stereocenters. The van der Waals surface area contributed by atoms with Crippen molar-refractivity contribution in [2.45, 2.75) is 88.4 Å². The Labute approximate surface area is 179 Å². The zero-order chi connectivity index (χ0) is 20.6. The van der Waals surface area contributed by atoms with Crippen LogP contribution in [0.1, 0.15) is 75.3 Å². The maximum Gasteiger partial charge on any atom is 0.225 e. The summed E-state index contributed by atoms with van der Waals surface area (Å²) in [6.45, 7) is 1.51. The van der Waals surface area contributed by atoms with Crippen LogP contribution < -0.4 is 5.32 Å². The van der Waals surface area contributed by atoms with E-state index >= 15 is 0 Å². The summed E-state index contributed by atoms with van der Waals surface area (Å²) < 4.78 is 6.71. The van der Waals surface area contributed by atoms with Gasteiger partial charge >= 0.3 is 0 Å². The first-order valence-electron chi connectivity index (χ1n) is 12.0. The van der Waals surface area contributed by atoms with Crippen LogP contribution in [0.15, 0.2) is 24.3 Å². The average molecular weight is 411 g/mol. The molecule has 2 aliphatic heterocycles. The topological polar surface area (TPSA) is 58.6 Å². The fraction of sp³-hybridized carbons (Fsp3) is 0.680. The van der Waals surface area contributed by atoms with Gasteiger partial charge in [-0.05, 0) is 56.1 Å². The van der Waals surface area contributed by atoms with Gasteiger partial charge in [0.25, 0.3) is 0 Å². The number of carbonyl (C=O) groups is 2. The first-order valence-corrected chi connectivity index (χ1v) is 12.0. The third-order valence-electron chi connectivity index (χ3n) is 7.82. The molecule has 1 unspecified atom stereocenters. The lowest BCUT2D eigenvalue weighted by molar-refractivity contribution is -0.160. The van der Waals surface area contributed by atoms with Gasteiger partial charge in [0.2, 0.25) is 11.8 Å². The van der Waals surface area contributed by atoms with Crippen molar-refractivity contribution in [1.82, 2.24) is 10.2 Å². The van der Waals surface area contributed by atoms with E-state index in [1.165, 1.54) is 30.4 Å². The van der Waals surface area contributed by atoms with E-state index in [0.717, 1.165) is 58.0 Å². The van der Waals surface area contributed by atoms with Crippen molar-refractivity contribution in [1.29, 1.82) is 0 Å². The van der Waals surface area contributed by atoms with Crippen molar-refractivity contribution in [3.63, 3.8) is 0 Å². The predicted octanol–water partition coefficient (Wildman–Crippen LogP) is 3.69. The van der Waals surface area contributed by atoms with Crippen LogP contribution in [-0.2, 0) is 26.3 Å². The van der Waals surface area contributed by atoms with Crippen molar-refractivity contribution in [3.8, 4) is 0 Å². The van der Waals surface area contributed by atoms with E-state index < -0.39 is 0 Å². The van der Waals surface area contributed by atoms with Crippen LogP contribution in [0.5, 0.6) is 0 Å². The van der Waals surface area contributed by atoms with Gasteiger partial charge in [-0.3, -0.25) is 9.59 Å². The van der Waals surface area contributed by atoms with Gasteiger partial charge in [-0.1, -0.05) is 43.5 Å². The van der Waals surface area contributed by atoms with Gasteiger partial charge in [0.15, 0.2) is 0 Å². The average Bonchev–Trinajstić information content (AvgIpc) is 3.20. The predicted molar refractivity (Wildman–Crippen MR) is 115 cm³/mol. The molecule has 2 heterocycles. The number of carbonyl (C=O) groups excluding carboxylic acids is 2. The summed E-state index contributed by atoms with van der Waals surface area (Å²) in [6.07, 6.45) is 10.7. The van der Waals surface area contributed by atoms with E-state index in [9.17, 15) is 9.59 Å². The molecular formula is C25H34N2O3. The molecule has 5 rings (SSSR count). The summed E-state index contributed by atoms with van der Waals surface area (Å²) in [4.78, 5) is 27.4. The van der Waals surface area contributed by atoms with Gasteiger partial charge in [0.05, 0.1) is 18.1 Å². The molecule has 162 valence electrons. The highest BCUT2D eigenvalue weighted by atomic mass is 16.5. The number of ether oxygens (including phenoxy) is 1. The Morgan fingerprint density at radius 2 is 1.77 bits per heavy atom. The second-order valence-corrected chi connectivity index (χ2v) is 9.80. The van der Waals surface area contributed by atoms with Crippen LogP contribution in [0.4, 0.5) is 0 Å². The standard InChI is InChI=1S/C25H34N2O3/c28-23(26-20-9-2-3-10-20)17-21-16-19-6-1-4-11-22(19)25(30-21)12-14-27(15-13-25)24(29)18-7-5-8-18/h1,4,6,11,18,20-21H,2-3,5,7-10,12-17H2,(H,26,28). The molecule has 2 aliphatic carbocycles. The number of likely N-dealkylation sites (tertiary alicyclic amines) is 1. The summed E-state index contributed by atoms with van der Waals surface area (Å²) in [5.41, 5.74) is 2.22. The number of fused-ring (bicyclic) bond motifs is 2. The second-order valence-electron chi connectivity index (χ2n) is 9.80. The molecule has 3 fully saturated rings. The van der Waals surface area contributed by atoms with Gasteiger partial charge in [-0.15, -0.1) is 0 Å². The Bertz CT molecular complexity index is 789. The van der Waals surface area contributed by atoms with Crippen molar-refractivity contribution in [3.05, 3.63) is 35.4 Å². The van der Waals surface area contributed by atoms with Crippen molar-refractivity contribution in [2.24, 2.45) is 5.92 Å². The molecule has 5 nitrogen and oxygen atoms in total. The molecule has 4 aliphatic rings. The van der Waals surface area contributed by atoms with Crippen LogP contribution in [0.3, 0.4) is 0 Å². The molecule has 5 heteroatoms. The maximum absolute atomic E-state index is 12.7. The molecule has 0 bridgehead atoms. The van der Waals surface area contributed by atoms with E-state index in [4.69, 9.17) is 4.74 Å². The smallest absolute Gasteiger partial charge is 0.225 e. The lowest BCUT2D eigenvalue weighted by atomic mass is 9.77. The molecule has 0 radical (unpaired) electrons. The van der Waals surface area contributed by atoms with Crippen LogP contribution in [0, 0.1) is 5.92 Å². The van der Waals surface area contributed by atoms with Crippen molar-refractivity contribution >= 4 is 11.8 Å². The molecule has 1 aromatic rings. The normalized spacial score (nSPS) is 26.3. The number of nitrogens with one attached hydrogen (secondary N) is 1. The Morgan fingerprint density at radius 3 is 2.47 bits per heavy atom. The summed E-state index contributed by atoms with van der Waals surface area (Å²) in [6, 6.07) is 8.90. The molecule has 30 heavy (non-hydrogen) atoms. The minimum atomic E-state index is -0.358. The number of hydrogen-bond acceptors (Lipinski definition) is 3. The summed E-state index contributed by atoms with van der Waals surface area (Å²) in [5.74, 6) is 0.720. The number of rotatable bonds is 4. The van der Waals surface area contributed by atoms with Crippen molar-refractivity contribution in [2.75, 3.05) is 13.1 Å². The molecule has 1 aromatic carbocycles. The second kappa shape index (κ2) is 8.33. The molecular weight excluding hydrogens is 376 g/mol. The van der Waals surface area contributed by atoms with Crippen LogP contribution in [0.2, 0.25) is 0 Å². The Balaban J connectivity index is 1.27. The van der Waals surface area contributed by atoms with Crippen LogP contribution >= 0.6 is 0 Å². The summed E-state index contributed by atoms with van der Waals surface area (Å²) in [7, 11) is 0. The van der Waals surface area contributed by atoms with Gasteiger partial charge in [0, 0.05) is 25.0 Å². The molecule has 2 amide bonds. The first kappa shape index (κ1) is 20.0. The SMILES string of the molecule is O=C(CC1Cc2ccccc2C2(CCN(C(=O)C3CCC3)CC2)O1)NC1CCCC1. The molecule has 1 saturated heterocycles. The third kappa shape index (κ3) is 3.89. The zero-order valence-electron chi connectivity index (χ0n) is 17.9. The number of nitrogens with zero attached hydrogens (tertiary/aromatic N) is 1. The third-order valence-corrected chi connectivity index (χ3v) is 7.82. The first-order chi connectivity index (χ1) is 14.6. The summed E-state index contributed by atoms with van der Waals surface area (Å²) >= 11 is 0. The van der Waals surface area contributed by atoms with E-state index in [0.29, 0.717) is 18.4 Å². The van der Waals surface area contributed by atoms with E-state index in [-0.39, 0.29) is 23.5 Å². The highest BCUT2D eigenvalue weighted by Crippen LogP contribution is 2.44. The van der Waals surface area contributed by atoms with Crippen molar-refractivity contribution < 1.29 is 14.3 Å². The Kier molecular flexibility index (Phi) is 5.57. The minimum Gasteiger partial charge on any atom is -0.366 e. The monoisotopic (exact) mass is 410 g/mol. The minimum absolute atomic E-state index is 0.0878. The molecule has 2 saturated carbocycles. The molecule has 1 N–H and O–H groups in total. The lowest BCUT2D eigenvalue weighted by Crippen LogP contribution is -2.52. The van der Waals surface area contributed by atoms with E-state index in [2.05, 4.69) is 34.5 Å². The summed E-state index contributed by atoms with van der Waals surface area (Å²) in [5, 5.41) is 3.22. The highest BCUT2D eigenvalue weighted by Gasteiger charge is 2.45. The number of hydrogen-bond donors (Lipinski definition) is 1. The highest BCUT2D eigenvalue weighted by molar-refractivity contribution is 5.79. The van der Waals surface area contributed by atoms with Crippen LogP contribution in [-0.4, -0.2) is 41.9 Å². The van der Waals surface area contributed by atoms with Gasteiger partial charge < -0.3 is 15.0 Å². The number of piperidine rings is 1. The number of amides is 2. The quantitative estimate of drug-likeness (QED) is 0.824. The fourth-order valence-corrected chi connectivity index (χ4v) is 5.88.